The number of nitrogens with zero attached hydrogens (tertiary/aromatic N) is 3. The van der Waals surface area contributed by atoms with Crippen LogP contribution in [0.5, 0.6) is 0 Å². The largest absolute Gasteiger partial charge is 0.467 e. The van der Waals surface area contributed by atoms with Crippen LogP contribution in [0.2, 0.25) is 0 Å². The zero-order valence-electron chi connectivity index (χ0n) is 11.6. The van der Waals surface area contributed by atoms with E-state index in [-0.39, 0.29) is 5.69 Å². The third-order valence-electron chi connectivity index (χ3n) is 3.14. The van der Waals surface area contributed by atoms with Gasteiger partial charge in [-0.2, -0.15) is 0 Å². The number of nitrogens with one attached hydrogen (secondary N) is 1. The Kier molecular flexibility index (Phi) is 3.70. The maximum atomic E-state index is 11.8. The zero-order valence-corrected chi connectivity index (χ0v) is 12.4. The Bertz CT molecular complexity index is 765. The number of hydrogen-bond acceptors (Lipinski definition) is 6. The molecular formula is C13H14N4O3S. The normalized spacial score (nSPS) is 11.1. The number of aryl methyl sites for hydroxylation is 2. The zero-order chi connectivity index (χ0) is 14.8. The molecule has 0 amide bonds. The van der Waals surface area contributed by atoms with Crippen LogP contribution in [0.1, 0.15) is 22.8 Å². The van der Waals surface area contributed by atoms with E-state index in [4.69, 9.17) is 8.94 Å². The van der Waals surface area contributed by atoms with Crippen molar-refractivity contribution in [3.05, 3.63) is 51.7 Å². The monoisotopic (exact) mass is 306 g/mol. The third-order valence-corrected chi connectivity index (χ3v) is 4.15. The first-order chi connectivity index (χ1) is 10.1. The molecule has 0 bridgehead atoms. The van der Waals surface area contributed by atoms with E-state index in [1.54, 1.807) is 16.9 Å². The SMILES string of the molecule is Cc1noc(C)c1CSc1n[nH]c(=O)n1Cc1ccco1. The standard InChI is InChI=1S/C13H14N4O3S/c1-8-11(9(2)20-16-8)7-21-13-15-14-12(18)17(13)6-10-4-3-5-19-10/h3-5H,6-7H2,1-2H3,(H,14,18). The molecule has 21 heavy (non-hydrogen) atoms. The lowest BCUT2D eigenvalue weighted by Gasteiger charge is -2.03. The van der Waals surface area contributed by atoms with Gasteiger partial charge in [-0.05, 0) is 26.0 Å². The molecule has 110 valence electrons. The minimum absolute atomic E-state index is 0.257. The second-order valence-corrected chi connectivity index (χ2v) is 5.51. The summed E-state index contributed by atoms with van der Waals surface area (Å²) in [4.78, 5) is 11.8. The first kappa shape index (κ1) is 13.7. The van der Waals surface area contributed by atoms with Gasteiger partial charge in [0.1, 0.15) is 11.5 Å². The molecule has 0 saturated heterocycles. The van der Waals surface area contributed by atoms with Crippen LogP contribution in [0.15, 0.2) is 37.3 Å². The van der Waals surface area contributed by atoms with E-state index in [1.807, 2.05) is 19.9 Å². The van der Waals surface area contributed by atoms with E-state index in [2.05, 4.69) is 15.4 Å². The molecule has 0 fully saturated rings. The minimum atomic E-state index is -0.257. The van der Waals surface area contributed by atoms with E-state index >= 15 is 0 Å². The van der Waals surface area contributed by atoms with Crippen LogP contribution in [-0.2, 0) is 12.3 Å². The van der Waals surface area contributed by atoms with Gasteiger partial charge < -0.3 is 8.94 Å². The topological polar surface area (TPSA) is 89.9 Å². The average molecular weight is 306 g/mol. The van der Waals surface area contributed by atoms with Crippen LogP contribution in [0, 0.1) is 13.8 Å². The summed E-state index contributed by atoms with van der Waals surface area (Å²) in [5, 5.41) is 11.0. The van der Waals surface area contributed by atoms with Crippen LogP contribution in [0.4, 0.5) is 0 Å². The Balaban J connectivity index is 1.79. The molecule has 3 aromatic heterocycles. The molecule has 3 rings (SSSR count). The Morgan fingerprint density at radius 1 is 1.43 bits per heavy atom. The number of rotatable bonds is 5. The summed E-state index contributed by atoms with van der Waals surface area (Å²) in [5.41, 5.74) is 1.63. The van der Waals surface area contributed by atoms with Crippen molar-refractivity contribution in [2.24, 2.45) is 0 Å². The van der Waals surface area contributed by atoms with Crippen LogP contribution in [0.3, 0.4) is 0 Å². The molecule has 8 heteroatoms. The van der Waals surface area contributed by atoms with Crippen LogP contribution >= 0.6 is 11.8 Å². The van der Waals surface area contributed by atoms with Gasteiger partial charge in [-0.25, -0.2) is 9.89 Å². The van der Waals surface area contributed by atoms with Crippen LogP contribution in [-0.4, -0.2) is 19.9 Å². The molecule has 0 saturated carbocycles. The number of thioether (sulfide) groups is 1. The highest BCUT2D eigenvalue weighted by Gasteiger charge is 2.14. The van der Waals surface area contributed by atoms with Gasteiger partial charge >= 0.3 is 5.69 Å². The lowest BCUT2D eigenvalue weighted by molar-refractivity contribution is 0.392. The second-order valence-electron chi connectivity index (χ2n) is 4.57. The van der Waals surface area contributed by atoms with Crippen molar-refractivity contribution in [1.29, 1.82) is 0 Å². The van der Waals surface area contributed by atoms with E-state index in [1.165, 1.54) is 11.8 Å². The summed E-state index contributed by atoms with van der Waals surface area (Å²) in [7, 11) is 0. The van der Waals surface area contributed by atoms with E-state index in [0.29, 0.717) is 23.2 Å². The number of aromatic amines is 1. The highest BCUT2D eigenvalue weighted by molar-refractivity contribution is 7.98. The lowest BCUT2D eigenvalue weighted by Crippen LogP contribution is -2.18. The first-order valence-corrected chi connectivity index (χ1v) is 7.36. The molecule has 0 unspecified atom stereocenters. The van der Waals surface area contributed by atoms with Crippen LogP contribution in [0.25, 0.3) is 0 Å². The molecule has 3 heterocycles. The van der Waals surface area contributed by atoms with Crippen molar-refractivity contribution in [2.45, 2.75) is 31.3 Å². The fourth-order valence-corrected chi connectivity index (χ4v) is 3.05. The molecular weight excluding hydrogens is 292 g/mol. The molecule has 0 aliphatic carbocycles. The molecule has 0 aromatic carbocycles. The van der Waals surface area contributed by atoms with Gasteiger partial charge in [0.2, 0.25) is 0 Å². The van der Waals surface area contributed by atoms with Gasteiger partial charge in [-0.3, -0.25) is 4.57 Å². The van der Waals surface area contributed by atoms with Crippen molar-refractivity contribution < 1.29 is 8.94 Å². The van der Waals surface area contributed by atoms with E-state index < -0.39 is 0 Å². The Hall–Kier alpha value is -2.22. The second kappa shape index (κ2) is 5.65. The fourth-order valence-electron chi connectivity index (χ4n) is 1.96. The third kappa shape index (κ3) is 2.80. The van der Waals surface area contributed by atoms with E-state index in [0.717, 1.165) is 17.0 Å². The molecule has 3 aromatic rings. The molecule has 0 aliphatic heterocycles. The van der Waals surface area contributed by atoms with Gasteiger partial charge in [0, 0.05) is 11.3 Å². The Morgan fingerprint density at radius 3 is 2.95 bits per heavy atom. The summed E-state index contributed by atoms with van der Waals surface area (Å²) >= 11 is 1.45. The van der Waals surface area contributed by atoms with Crippen LogP contribution < -0.4 is 5.69 Å². The summed E-state index contributed by atoms with van der Waals surface area (Å²) in [6.07, 6.45) is 1.58. The van der Waals surface area contributed by atoms with Crippen molar-refractivity contribution in [3.8, 4) is 0 Å². The summed E-state index contributed by atoms with van der Waals surface area (Å²) in [6, 6.07) is 3.61. The highest BCUT2D eigenvalue weighted by atomic mass is 32.2. The predicted molar refractivity (Wildman–Crippen MR) is 76.2 cm³/mol. The fraction of sp³-hybridized carbons (Fsp3) is 0.308. The molecule has 7 nitrogen and oxygen atoms in total. The van der Waals surface area contributed by atoms with Crippen molar-refractivity contribution in [3.63, 3.8) is 0 Å². The predicted octanol–water partition coefficient (Wildman–Crippen LogP) is 2.11. The molecule has 0 spiro atoms. The highest BCUT2D eigenvalue weighted by Crippen LogP contribution is 2.24. The molecule has 0 atom stereocenters. The van der Waals surface area contributed by atoms with Gasteiger partial charge in [-0.1, -0.05) is 16.9 Å². The van der Waals surface area contributed by atoms with Gasteiger partial charge in [0.15, 0.2) is 5.16 Å². The van der Waals surface area contributed by atoms with Crippen molar-refractivity contribution in [1.82, 2.24) is 19.9 Å². The van der Waals surface area contributed by atoms with Crippen molar-refractivity contribution >= 4 is 11.8 Å². The summed E-state index contributed by atoms with van der Waals surface area (Å²) < 4.78 is 11.9. The maximum Gasteiger partial charge on any atom is 0.344 e. The minimum Gasteiger partial charge on any atom is -0.467 e. The quantitative estimate of drug-likeness (QED) is 0.726. The van der Waals surface area contributed by atoms with Gasteiger partial charge in [0.25, 0.3) is 0 Å². The van der Waals surface area contributed by atoms with Gasteiger partial charge in [0.05, 0.1) is 18.5 Å². The summed E-state index contributed by atoms with van der Waals surface area (Å²) in [6.45, 7) is 4.12. The number of H-pyrrole nitrogens is 1. The van der Waals surface area contributed by atoms with Gasteiger partial charge in [-0.15, -0.1) is 5.10 Å². The molecule has 1 N–H and O–H groups in total. The molecule has 0 radical (unpaired) electrons. The smallest absolute Gasteiger partial charge is 0.344 e. The number of hydrogen-bond donors (Lipinski definition) is 1. The maximum absolute atomic E-state index is 11.8. The summed E-state index contributed by atoms with van der Waals surface area (Å²) in [5.74, 6) is 2.14. The lowest BCUT2D eigenvalue weighted by atomic mass is 10.2. The van der Waals surface area contributed by atoms with E-state index in [9.17, 15) is 4.79 Å². The number of aromatic nitrogens is 4. The Morgan fingerprint density at radius 2 is 2.29 bits per heavy atom. The Labute approximate surface area is 124 Å². The average Bonchev–Trinajstić information content (AvgIpc) is 3.16. The number of furan rings is 1. The molecule has 0 aliphatic rings. The first-order valence-electron chi connectivity index (χ1n) is 6.37. The van der Waals surface area contributed by atoms with Crippen molar-refractivity contribution in [2.75, 3.05) is 0 Å².